The predicted molar refractivity (Wildman–Crippen MR) is 111 cm³/mol. The molecule has 1 aliphatic heterocycles. The molecule has 2 aromatic carbocycles. The monoisotopic (exact) mass is 384 g/mol. The summed E-state index contributed by atoms with van der Waals surface area (Å²) in [6.45, 7) is 0.980. The van der Waals surface area contributed by atoms with E-state index < -0.39 is 0 Å². The van der Waals surface area contributed by atoms with E-state index in [-0.39, 0.29) is 18.0 Å². The number of pyridine rings is 1. The van der Waals surface area contributed by atoms with E-state index in [1.165, 1.54) is 22.6 Å². The number of nitrogens with one attached hydrogen (secondary N) is 2. The van der Waals surface area contributed by atoms with E-state index >= 15 is 0 Å². The van der Waals surface area contributed by atoms with Crippen LogP contribution in [0.3, 0.4) is 0 Å². The van der Waals surface area contributed by atoms with Crippen molar-refractivity contribution in [3.8, 4) is 16.9 Å². The summed E-state index contributed by atoms with van der Waals surface area (Å²) in [6, 6.07) is 12.4. The number of hydrogen-bond acceptors (Lipinski definition) is 4. The number of thiophene rings is 1. The number of hydrogen-bond donors (Lipinski definition) is 2. The standard InChI is InChI=1S/C20H16N2O2S.ClH/c1-24-16-5-4-15-18(13-7-9-25-19(13)20(23)22-15)17(16)12-2-3-14-11(10-12)6-8-21-14;/h2-5,7,9-10,21H,6,8H2,1H3,(H,22,23);1H. The summed E-state index contributed by atoms with van der Waals surface area (Å²) in [6.07, 6.45) is 1.03. The first-order valence-corrected chi connectivity index (χ1v) is 9.11. The van der Waals surface area contributed by atoms with E-state index in [0.29, 0.717) is 0 Å². The van der Waals surface area contributed by atoms with Gasteiger partial charge in [0.15, 0.2) is 0 Å². The highest BCUT2D eigenvalue weighted by Crippen LogP contribution is 2.41. The number of H-pyrrole nitrogens is 1. The lowest BCUT2D eigenvalue weighted by Gasteiger charge is -2.14. The first kappa shape index (κ1) is 16.9. The lowest BCUT2D eigenvalue weighted by atomic mass is 9.95. The van der Waals surface area contributed by atoms with Gasteiger partial charge in [0.05, 0.1) is 7.11 Å². The van der Waals surface area contributed by atoms with Crippen molar-refractivity contribution in [3.05, 3.63) is 57.7 Å². The Hall–Kier alpha value is -2.50. The predicted octanol–water partition coefficient (Wildman–Crippen LogP) is 4.81. The Morgan fingerprint density at radius 2 is 2.04 bits per heavy atom. The Bertz CT molecular complexity index is 1200. The molecule has 0 saturated carbocycles. The highest BCUT2D eigenvalue weighted by atomic mass is 35.5. The molecule has 0 atom stereocenters. The molecule has 0 aliphatic carbocycles. The molecule has 6 heteroatoms. The molecule has 26 heavy (non-hydrogen) atoms. The largest absolute Gasteiger partial charge is 0.496 e. The van der Waals surface area contributed by atoms with E-state index in [2.05, 4.69) is 28.5 Å². The SMILES string of the molecule is COc1ccc2[nH]c(=O)c3sccc3c2c1-c1ccc2c(c1)CCN2.Cl. The fourth-order valence-electron chi connectivity index (χ4n) is 3.75. The highest BCUT2D eigenvalue weighted by molar-refractivity contribution is 7.17. The first-order chi connectivity index (χ1) is 12.3. The van der Waals surface area contributed by atoms with Crippen LogP contribution in [0.25, 0.3) is 32.1 Å². The van der Waals surface area contributed by atoms with E-state index in [1.807, 2.05) is 23.6 Å². The third kappa shape index (κ3) is 2.39. The molecule has 0 amide bonds. The van der Waals surface area contributed by atoms with E-state index in [9.17, 15) is 4.79 Å². The lowest BCUT2D eigenvalue weighted by Crippen LogP contribution is -2.05. The smallest absolute Gasteiger partial charge is 0.266 e. The minimum Gasteiger partial charge on any atom is -0.496 e. The van der Waals surface area contributed by atoms with Gasteiger partial charge in [-0.2, -0.15) is 0 Å². The zero-order valence-corrected chi connectivity index (χ0v) is 15.7. The summed E-state index contributed by atoms with van der Waals surface area (Å²) >= 11 is 1.47. The second-order valence-corrected chi connectivity index (χ2v) is 7.15. The van der Waals surface area contributed by atoms with Crippen molar-refractivity contribution in [2.24, 2.45) is 0 Å². The van der Waals surface area contributed by atoms with Gasteiger partial charge in [0, 0.05) is 34.1 Å². The molecule has 0 fully saturated rings. The number of aromatic amines is 1. The van der Waals surface area contributed by atoms with Crippen molar-refractivity contribution in [1.82, 2.24) is 4.98 Å². The van der Waals surface area contributed by atoms with Gasteiger partial charge < -0.3 is 15.0 Å². The molecule has 4 nitrogen and oxygen atoms in total. The zero-order chi connectivity index (χ0) is 17.0. The van der Waals surface area contributed by atoms with Crippen molar-refractivity contribution in [2.45, 2.75) is 6.42 Å². The summed E-state index contributed by atoms with van der Waals surface area (Å²) < 4.78 is 6.43. The summed E-state index contributed by atoms with van der Waals surface area (Å²) in [7, 11) is 1.69. The first-order valence-electron chi connectivity index (χ1n) is 8.23. The Morgan fingerprint density at radius 1 is 1.15 bits per heavy atom. The van der Waals surface area contributed by atoms with E-state index in [1.54, 1.807) is 7.11 Å². The number of anilines is 1. The van der Waals surface area contributed by atoms with Crippen molar-refractivity contribution in [3.63, 3.8) is 0 Å². The molecule has 0 bridgehead atoms. The topological polar surface area (TPSA) is 54.1 Å². The molecule has 0 radical (unpaired) electrons. The Balaban J connectivity index is 0.00000168. The quantitative estimate of drug-likeness (QED) is 0.521. The zero-order valence-electron chi connectivity index (χ0n) is 14.1. The number of methoxy groups -OCH3 is 1. The molecule has 4 aromatic rings. The van der Waals surface area contributed by atoms with Crippen molar-refractivity contribution < 1.29 is 4.74 Å². The average molecular weight is 385 g/mol. The minimum atomic E-state index is -0.0354. The van der Waals surface area contributed by atoms with Gasteiger partial charge in [-0.3, -0.25) is 4.79 Å². The number of fused-ring (bicyclic) bond motifs is 4. The van der Waals surface area contributed by atoms with Crippen LogP contribution in [0.15, 0.2) is 46.6 Å². The summed E-state index contributed by atoms with van der Waals surface area (Å²) in [5, 5.41) is 7.39. The van der Waals surface area contributed by atoms with Gasteiger partial charge in [0.1, 0.15) is 10.4 Å². The molecule has 5 rings (SSSR count). The molecule has 0 spiro atoms. The van der Waals surface area contributed by atoms with Crippen LogP contribution in [0.2, 0.25) is 0 Å². The van der Waals surface area contributed by atoms with Crippen molar-refractivity contribution >= 4 is 50.4 Å². The van der Waals surface area contributed by atoms with Crippen LogP contribution in [0.5, 0.6) is 5.75 Å². The molecule has 3 heterocycles. The maximum absolute atomic E-state index is 12.3. The van der Waals surface area contributed by atoms with Crippen LogP contribution in [0.4, 0.5) is 5.69 Å². The van der Waals surface area contributed by atoms with Gasteiger partial charge >= 0.3 is 0 Å². The molecule has 0 unspecified atom stereocenters. The molecular formula is C20H17ClN2O2S. The third-order valence-corrected chi connectivity index (χ3v) is 5.79. The maximum Gasteiger partial charge on any atom is 0.266 e. The summed E-state index contributed by atoms with van der Waals surface area (Å²) in [4.78, 5) is 15.3. The Labute approximate surface area is 160 Å². The number of aromatic nitrogens is 1. The molecule has 132 valence electrons. The van der Waals surface area contributed by atoms with Crippen LogP contribution in [-0.4, -0.2) is 18.6 Å². The summed E-state index contributed by atoms with van der Waals surface area (Å²) in [5.41, 5.74) is 5.48. The highest BCUT2D eigenvalue weighted by Gasteiger charge is 2.18. The Morgan fingerprint density at radius 3 is 2.88 bits per heavy atom. The third-order valence-electron chi connectivity index (χ3n) is 4.88. The molecular weight excluding hydrogens is 368 g/mol. The molecule has 0 saturated heterocycles. The van der Waals surface area contributed by atoms with Gasteiger partial charge in [-0.15, -0.1) is 23.7 Å². The van der Waals surface area contributed by atoms with Crippen LogP contribution in [0.1, 0.15) is 5.56 Å². The van der Waals surface area contributed by atoms with Crippen LogP contribution in [-0.2, 0) is 6.42 Å². The second kappa shape index (κ2) is 6.34. The summed E-state index contributed by atoms with van der Waals surface area (Å²) in [5.74, 6) is 0.818. The van der Waals surface area contributed by atoms with Crippen molar-refractivity contribution in [2.75, 3.05) is 19.0 Å². The fraction of sp³-hybridized carbons (Fsp3) is 0.150. The van der Waals surface area contributed by atoms with Crippen LogP contribution >= 0.6 is 23.7 Å². The van der Waals surface area contributed by atoms with Crippen molar-refractivity contribution in [1.29, 1.82) is 0 Å². The normalized spacial score (nSPS) is 12.7. The van der Waals surface area contributed by atoms with Crippen LogP contribution < -0.4 is 15.6 Å². The Kier molecular flexibility index (Phi) is 4.13. The maximum atomic E-state index is 12.3. The van der Waals surface area contributed by atoms with Gasteiger partial charge in [0.25, 0.3) is 5.56 Å². The fourth-order valence-corrected chi connectivity index (χ4v) is 4.54. The van der Waals surface area contributed by atoms with Crippen LogP contribution in [0, 0.1) is 0 Å². The van der Waals surface area contributed by atoms with E-state index in [0.717, 1.165) is 50.8 Å². The average Bonchev–Trinajstić information content (AvgIpc) is 3.29. The number of ether oxygens (including phenoxy) is 1. The molecule has 2 aromatic heterocycles. The lowest BCUT2D eigenvalue weighted by molar-refractivity contribution is 0.417. The second-order valence-electron chi connectivity index (χ2n) is 6.23. The van der Waals surface area contributed by atoms with Gasteiger partial charge in [-0.25, -0.2) is 0 Å². The van der Waals surface area contributed by atoms with Gasteiger partial charge in [0.2, 0.25) is 0 Å². The van der Waals surface area contributed by atoms with Gasteiger partial charge in [-0.1, -0.05) is 6.07 Å². The minimum absolute atomic E-state index is 0. The molecule has 2 N–H and O–H groups in total. The number of rotatable bonds is 2. The van der Waals surface area contributed by atoms with Gasteiger partial charge in [-0.05, 0) is 53.3 Å². The number of benzene rings is 2. The number of halogens is 1. The molecule has 1 aliphatic rings. The van der Waals surface area contributed by atoms with E-state index in [4.69, 9.17) is 4.74 Å².